The van der Waals surface area contributed by atoms with Crippen LogP contribution in [0.1, 0.15) is 29.4 Å². The highest BCUT2D eigenvalue weighted by molar-refractivity contribution is 5.68. The van der Waals surface area contributed by atoms with Gasteiger partial charge in [0.15, 0.2) is 11.5 Å². The largest absolute Gasteiger partial charge is 0.490 e. The number of benzene rings is 2. The van der Waals surface area contributed by atoms with Crippen LogP contribution in [0.4, 0.5) is 5.69 Å². The SMILES string of the molecule is CCOc1cc(/C=C/c2nc(O)c([N+](=O)[O-])c(=O)[nH]2)ccc1OCc1cccc(C)c1. The summed E-state index contributed by atoms with van der Waals surface area (Å²) in [5.74, 6) is 0.166. The number of aromatic hydroxyl groups is 1. The van der Waals surface area contributed by atoms with Crippen LogP contribution in [0.15, 0.2) is 47.3 Å². The van der Waals surface area contributed by atoms with Gasteiger partial charge in [-0.15, -0.1) is 0 Å². The summed E-state index contributed by atoms with van der Waals surface area (Å²) in [5.41, 5.74) is 0.875. The maximum absolute atomic E-state index is 11.7. The molecule has 3 aromatic rings. The molecule has 1 aromatic heterocycles. The molecular weight excluding hydrogens is 402 g/mol. The summed E-state index contributed by atoms with van der Waals surface area (Å²) in [5, 5.41) is 20.4. The van der Waals surface area contributed by atoms with E-state index >= 15 is 0 Å². The molecule has 0 saturated heterocycles. The second kappa shape index (κ2) is 9.57. The number of ether oxygens (including phenoxy) is 2. The van der Waals surface area contributed by atoms with Crippen molar-refractivity contribution >= 4 is 17.8 Å². The monoisotopic (exact) mass is 423 g/mol. The number of H-pyrrole nitrogens is 1. The van der Waals surface area contributed by atoms with Crippen LogP contribution in [-0.2, 0) is 6.61 Å². The zero-order chi connectivity index (χ0) is 22.4. The fourth-order valence-electron chi connectivity index (χ4n) is 2.87. The van der Waals surface area contributed by atoms with Gasteiger partial charge in [0, 0.05) is 0 Å². The zero-order valence-corrected chi connectivity index (χ0v) is 17.0. The van der Waals surface area contributed by atoms with Gasteiger partial charge >= 0.3 is 11.2 Å². The molecule has 9 heteroatoms. The molecule has 0 fully saturated rings. The Morgan fingerprint density at radius 1 is 1.16 bits per heavy atom. The Morgan fingerprint density at radius 3 is 2.65 bits per heavy atom. The van der Waals surface area contributed by atoms with Crippen molar-refractivity contribution in [2.75, 3.05) is 6.61 Å². The molecule has 0 saturated carbocycles. The second-order valence-corrected chi connectivity index (χ2v) is 6.63. The second-order valence-electron chi connectivity index (χ2n) is 6.63. The van der Waals surface area contributed by atoms with Crippen molar-refractivity contribution in [1.29, 1.82) is 0 Å². The van der Waals surface area contributed by atoms with Crippen LogP contribution in [-0.4, -0.2) is 26.6 Å². The van der Waals surface area contributed by atoms with E-state index in [-0.39, 0.29) is 5.82 Å². The summed E-state index contributed by atoms with van der Waals surface area (Å²) in [6, 6.07) is 13.3. The van der Waals surface area contributed by atoms with E-state index in [1.807, 2.05) is 38.1 Å². The Hall–Kier alpha value is -4.14. The van der Waals surface area contributed by atoms with E-state index in [0.717, 1.165) is 11.1 Å². The molecule has 160 valence electrons. The molecule has 0 spiro atoms. The summed E-state index contributed by atoms with van der Waals surface area (Å²) in [4.78, 5) is 27.4. The summed E-state index contributed by atoms with van der Waals surface area (Å²) in [6.45, 7) is 4.72. The van der Waals surface area contributed by atoms with E-state index in [4.69, 9.17) is 9.47 Å². The van der Waals surface area contributed by atoms with Crippen molar-refractivity contribution in [3.63, 3.8) is 0 Å². The van der Waals surface area contributed by atoms with E-state index < -0.39 is 22.0 Å². The summed E-state index contributed by atoms with van der Waals surface area (Å²) in [6.07, 6.45) is 3.04. The van der Waals surface area contributed by atoms with E-state index in [0.29, 0.717) is 30.3 Å². The average molecular weight is 423 g/mol. The van der Waals surface area contributed by atoms with Gasteiger partial charge in [-0.3, -0.25) is 14.9 Å². The first-order valence-corrected chi connectivity index (χ1v) is 9.48. The molecule has 0 unspecified atom stereocenters. The highest BCUT2D eigenvalue weighted by Gasteiger charge is 2.21. The van der Waals surface area contributed by atoms with E-state index in [9.17, 15) is 20.0 Å². The zero-order valence-electron chi connectivity index (χ0n) is 17.0. The van der Waals surface area contributed by atoms with Crippen LogP contribution >= 0.6 is 0 Å². The molecular formula is C22H21N3O6. The Kier molecular flexibility index (Phi) is 6.66. The lowest BCUT2D eigenvalue weighted by molar-refractivity contribution is -0.387. The third-order valence-electron chi connectivity index (χ3n) is 4.26. The van der Waals surface area contributed by atoms with Gasteiger partial charge in [0.25, 0.3) is 5.88 Å². The number of hydrogen-bond donors (Lipinski definition) is 2. The topological polar surface area (TPSA) is 128 Å². The quantitative estimate of drug-likeness (QED) is 0.416. The summed E-state index contributed by atoms with van der Waals surface area (Å²) in [7, 11) is 0. The lowest BCUT2D eigenvalue weighted by Crippen LogP contribution is -2.14. The van der Waals surface area contributed by atoms with Gasteiger partial charge < -0.3 is 19.6 Å². The third kappa shape index (κ3) is 5.47. The standard InChI is InChI=1S/C22H21N3O6/c1-3-30-18-12-15(7-9-17(18)31-13-16-6-4-5-14(2)11-16)8-10-19-23-21(26)20(25(28)29)22(27)24-19/h4-12H,3,13H2,1-2H3,(H2,23,24,26,27)/b10-8+. The Balaban J connectivity index is 1.80. The molecule has 0 aliphatic carbocycles. The minimum atomic E-state index is -1.04. The molecule has 0 amide bonds. The highest BCUT2D eigenvalue weighted by atomic mass is 16.6. The van der Waals surface area contributed by atoms with E-state index in [2.05, 4.69) is 9.97 Å². The number of hydrogen-bond acceptors (Lipinski definition) is 7. The van der Waals surface area contributed by atoms with E-state index in [1.165, 1.54) is 6.08 Å². The molecule has 9 nitrogen and oxygen atoms in total. The molecule has 0 radical (unpaired) electrons. The van der Waals surface area contributed by atoms with Crippen molar-refractivity contribution in [2.45, 2.75) is 20.5 Å². The molecule has 2 aromatic carbocycles. The van der Waals surface area contributed by atoms with Gasteiger partial charge in [-0.25, -0.2) is 0 Å². The lowest BCUT2D eigenvalue weighted by Gasteiger charge is -2.13. The Morgan fingerprint density at radius 2 is 1.97 bits per heavy atom. The van der Waals surface area contributed by atoms with Gasteiger partial charge in [0.2, 0.25) is 0 Å². The first-order chi connectivity index (χ1) is 14.9. The molecule has 31 heavy (non-hydrogen) atoms. The van der Waals surface area contributed by atoms with Crippen molar-refractivity contribution in [3.8, 4) is 17.4 Å². The van der Waals surface area contributed by atoms with Gasteiger partial charge in [-0.05, 0) is 43.2 Å². The maximum atomic E-state index is 11.7. The van der Waals surface area contributed by atoms with Gasteiger partial charge in [0.05, 0.1) is 11.5 Å². The van der Waals surface area contributed by atoms with Crippen LogP contribution in [0.5, 0.6) is 17.4 Å². The van der Waals surface area contributed by atoms with Gasteiger partial charge in [0.1, 0.15) is 12.4 Å². The molecule has 1 heterocycles. The number of rotatable bonds is 8. The first kappa shape index (κ1) is 21.6. The minimum Gasteiger partial charge on any atom is -0.490 e. The average Bonchev–Trinajstić information content (AvgIpc) is 2.71. The number of nitro groups is 1. The number of aryl methyl sites for hydroxylation is 1. The van der Waals surface area contributed by atoms with Crippen LogP contribution < -0.4 is 15.0 Å². The fraction of sp³-hybridized carbons (Fsp3) is 0.182. The molecule has 0 aliphatic rings. The smallest absolute Gasteiger partial charge is 0.395 e. The van der Waals surface area contributed by atoms with Gasteiger partial charge in [-0.1, -0.05) is 42.0 Å². The number of nitrogens with one attached hydrogen (secondary N) is 1. The molecule has 0 bridgehead atoms. The Labute approximate surface area is 177 Å². The van der Waals surface area contributed by atoms with Crippen LogP contribution in [0, 0.1) is 17.0 Å². The van der Waals surface area contributed by atoms with Crippen molar-refractivity contribution < 1.29 is 19.5 Å². The molecule has 0 atom stereocenters. The first-order valence-electron chi connectivity index (χ1n) is 9.48. The van der Waals surface area contributed by atoms with E-state index in [1.54, 1.807) is 24.3 Å². The maximum Gasteiger partial charge on any atom is 0.395 e. The van der Waals surface area contributed by atoms with Crippen LogP contribution in [0.25, 0.3) is 12.2 Å². The van der Waals surface area contributed by atoms with Crippen molar-refractivity contribution in [2.24, 2.45) is 0 Å². The summed E-state index contributed by atoms with van der Waals surface area (Å²) >= 11 is 0. The Bertz CT molecular complexity index is 1190. The molecule has 0 aliphatic heterocycles. The van der Waals surface area contributed by atoms with Crippen molar-refractivity contribution in [1.82, 2.24) is 9.97 Å². The molecule has 3 rings (SSSR count). The third-order valence-corrected chi connectivity index (χ3v) is 4.26. The number of aromatic amines is 1. The normalized spacial score (nSPS) is 10.9. The van der Waals surface area contributed by atoms with Crippen LogP contribution in [0.3, 0.4) is 0 Å². The highest BCUT2D eigenvalue weighted by Crippen LogP contribution is 2.30. The molecule has 2 N–H and O–H groups in total. The summed E-state index contributed by atoms with van der Waals surface area (Å²) < 4.78 is 11.6. The fourth-order valence-corrected chi connectivity index (χ4v) is 2.87. The van der Waals surface area contributed by atoms with Gasteiger partial charge in [-0.2, -0.15) is 4.98 Å². The lowest BCUT2D eigenvalue weighted by atomic mass is 10.1. The number of aromatic nitrogens is 2. The van der Waals surface area contributed by atoms with Crippen molar-refractivity contribution in [3.05, 3.63) is 85.4 Å². The van der Waals surface area contributed by atoms with Crippen LogP contribution in [0.2, 0.25) is 0 Å². The predicted octanol–water partition coefficient (Wildman–Crippen LogP) is 3.84. The number of nitrogens with zero attached hydrogens (tertiary/aromatic N) is 2. The predicted molar refractivity (Wildman–Crippen MR) is 115 cm³/mol. The minimum absolute atomic E-state index is 0.0224.